The fraction of sp³-hybridized carbons (Fsp3) is 0.714. The van der Waals surface area contributed by atoms with Crippen LogP contribution in [0.25, 0.3) is 0 Å². The van der Waals surface area contributed by atoms with Crippen molar-refractivity contribution in [3.63, 3.8) is 0 Å². The summed E-state index contributed by atoms with van der Waals surface area (Å²) < 4.78 is 38.7. The maximum Gasteiger partial charge on any atom is 0.418 e. The number of halogens is 3. The molecule has 1 N–H and O–H groups in total. The fourth-order valence-corrected chi connectivity index (χ4v) is 3.44. The van der Waals surface area contributed by atoms with E-state index in [-0.39, 0.29) is 25.1 Å². The van der Waals surface area contributed by atoms with Crippen LogP contribution in [0.2, 0.25) is 0 Å². The van der Waals surface area contributed by atoms with Crippen LogP contribution in [-0.4, -0.2) is 45.8 Å². The lowest BCUT2D eigenvalue weighted by Gasteiger charge is -2.39. The molecule has 0 aliphatic carbocycles. The number of thiazole rings is 1. The van der Waals surface area contributed by atoms with Gasteiger partial charge in [0.15, 0.2) is 5.60 Å². The van der Waals surface area contributed by atoms with Crippen LogP contribution < -0.4 is 0 Å². The Hall–Kier alpha value is -1.15. The maximum absolute atomic E-state index is 12.9. The fourth-order valence-electron chi connectivity index (χ4n) is 2.46. The van der Waals surface area contributed by atoms with Crippen LogP contribution in [0.15, 0.2) is 5.38 Å². The lowest BCUT2D eigenvalue weighted by Crippen LogP contribution is -2.58. The van der Waals surface area contributed by atoms with E-state index < -0.39 is 24.2 Å². The summed E-state index contributed by atoms with van der Waals surface area (Å²) in [7, 11) is 0. The summed E-state index contributed by atoms with van der Waals surface area (Å²) in [5.74, 6) is -0.159. The van der Waals surface area contributed by atoms with Gasteiger partial charge in [-0.25, -0.2) is 4.98 Å². The van der Waals surface area contributed by atoms with E-state index in [1.807, 2.05) is 13.8 Å². The minimum atomic E-state index is -4.74. The highest BCUT2D eigenvalue weighted by molar-refractivity contribution is 7.09. The van der Waals surface area contributed by atoms with Gasteiger partial charge in [0, 0.05) is 18.3 Å². The first-order chi connectivity index (χ1) is 10.1. The third-order valence-corrected chi connectivity index (χ3v) is 4.51. The molecule has 0 aromatic carbocycles. The Bertz CT molecular complexity index is 544. The number of aromatic nitrogens is 1. The SMILES string of the molecule is CC(C)Cc1nc(C(=O)N2CCCC(O)(C(F)(F)F)C2)cs1. The van der Waals surface area contributed by atoms with Crippen molar-refractivity contribution >= 4 is 17.2 Å². The normalized spacial score (nSPS) is 23.1. The number of hydrogen-bond acceptors (Lipinski definition) is 4. The van der Waals surface area contributed by atoms with Crippen molar-refractivity contribution in [2.75, 3.05) is 13.1 Å². The van der Waals surface area contributed by atoms with E-state index in [1.54, 1.807) is 5.38 Å². The van der Waals surface area contributed by atoms with Crippen LogP contribution in [0.4, 0.5) is 13.2 Å². The van der Waals surface area contributed by atoms with Crippen LogP contribution in [0.5, 0.6) is 0 Å². The molecule has 0 bridgehead atoms. The molecule has 2 rings (SSSR count). The summed E-state index contributed by atoms with van der Waals surface area (Å²) in [4.78, 5) is 17.6. The molecule has 1 aliphatic heterocycles. The molecule has 1 atom stereocenters. The van der Waals surface area contributed by atoms with Gasteiger partial charge in [-0.15, -0.1) is 11.3 Å². The molecule has 4 nitrogen and oxygen atoms in total. The van der Waals surface area contributed by atoms with Gasteiger partial charge >= 0.3 is 6.18 Å². The van der Waals surface area contributed by atoms with E-state index in [0.29, 0.717) is 5.92 Å². The number of alkyl halides is 3. The van der Waals surface area contributed by atoms with Gasteiger partial charge in [-0.3, -0.25) is 4.79 Å². The number of aliphatic hydroxyl groups is 1. The quantitative estimate of drug-likeness (QED) is 0.923. The minimum Gasteiger partial charge on any atom is -0.379 e. The van der Waals surface area contributed by atoms with E-state index >= 15 is 0 Å². The Morgan fingerprint density at radius 3 is 2.82 bits per heavy atom. The van der Waals surface area contributed by atoms with Crippen LogP contribution in [0.1, 0.15) is 42.2 Å². The summed E-state index contributed by atoms with van der Waals surface area (Å²) in [6.07, 6.45) is -4.28. The van der Waals surface area contributed by atoms with E-state index in [4.69, 9.17) is 0 Å². The highest BCUT2D eigenvalue weighted by atomic mass is 32.1. The smallest absolute Gasteiger partial charge is 0.379 e. The van der Waals surface area contributed by atoms with Gasteiger partial charge in [0.2, 0.25) is 0 Å². The van der Waals surface area contributed by atoms with E-state index in [9.17, 15) is 23.1 Å². The van der Waals surface area contributed by atoms with Gasteiger partial charge in [0.05, 0.1) is 11.6 Å². The third kappa shape index (κ3) is 3.60. The van der Waals surface area contributed by atoms with Gasteiger partial charge in [0.1, 0.15) is 5.69 Å². The molecule has 22 heavy (non-hydrogen) atoms. The predicted octanol–water partition coefficient (Wildman–Crippen LogP) is 2.87. The lowest BCUT2D eigenvalue weighted by molar-refractivity contribution is -0.271. The van der Waals surface area contributed by atoms with Crippen LogP contribution in [0.3, 0.4) is 0 Å². The first-order valence-electron chi connectivity index (χ1n) is 7.15. The molecule has 1 fully saturated rings. The largest absolute Gasteiger partial charge is 0.418 e. The number of carbonyl (C=O) groups excluding carboxylic acids is 1. The van der Waals surface area contributed by atoms with Gasteiger partial charge in [-0.1, -0.05) is 13.8 Å². The van der Waals surface area contributed by atoms with Crippen molar-refractivity contribution in [3.05, 3.63) is 16.1 Å². The zero-order chi connectivity index (χ0) is 16.5. The molecule has 2 heterocycles. The molecule has 0 saturated carbocycles. The van der Waals surface area contributed by atoms with Crippen LogP contribution in [-0.2, 0) is 6.42 Å². The molecule has 1 unspecified atom stereocenters. The molecule has 1 saturated heterocycles. The molecule has 1 aromatic rings. The second kappa shape index (κ2) is 6.16. The second-order valence-electron chi connectivity index (χ2n) is 6.08. The van der Waals surface area contributed by atoms with Gasteiger partial charge in [-0.2, -0.15) is 13.2 Å². The summed E-state index contributed by atoms with van der Waals surface area (Å²) in [6, 6.07) is 0. The Labute approximate surface area is 131 Å². The van der Waals surface area contributed by atoms with Gasteiger partial charge in [0.25, 0.3) is 5.91 Å². The van der Waals surface area contributed by atoms with Crippen LogP contribution >= 0.6 is 11.3 Å². The standard InChI is InChI=1S/C14H19F3N2O2S/c1-9(2)6-11-18-10(7-22-11)12(20)19-5-3-4-13(21,8-19)14(15,16)17/h7,9,21H,3-6,8H2,1-2H3. The average Bonchev–Trinajstić information content (AvgIpc) is 2.84. The molecule has 1 amide bonds. The monoisotopic (exact) mass is 336 g/mol. The zero-order valence-corrected chi connectivity index (χ0v) is 13.3. The number of piperidine rings is 1. The number of hydrogen-bond donors (Lipinski definition) is 1. The second-order valence-corrected chi connectivity index (χ2v) is 7.03. The van der Waals surface area contributed by atoms with Crippen molar-refractivity contribution in [3.8, 4) is 0 Å². The van der Waals surface area contributed by atoms with E-state index in [2.05, 4.69) is 4.98 Å². The van der Waals surface area contributed by atoms with Crippen molar-refractivity contribution in [1.82, 2.24) is 9.88 Å². The number of carbonyl (C=O) groups is 1. The average molecular weight is 336 g/mol. The van der Waals surface area contributed by atoms with Gasteiger partial charge < -0.3 is 10.0 Å². The van der Waals surface area contributed by atoms with Gasteiger partial charge in [-0.05, 0) is 18.8 Å². The Morgan fingerprint density at radius 1 is 1.55 bits per heavy atom. The summed E-state index contributed by atoms with van der Waals surface area (Å²) >= 11 is 1.33. The highest BCUT2D eigenvalue weighted by Crippen LogP contribution is 2.37. The number of likely N-dealkylation sites (tertiary alicyclic amines) is 1. The summed E-state index contributed by atoms with van der Waals surface area (Å²) in [6.45, 7) is 3.52. The molecule has 0 spiro atoms. The third-order valence-electron chi connectivity index (χ3n) is 3.64. The Balaban J connectivity index is 2.11. The topological polar surface area (TPSA) is 53.4 Å². The molecule has 8 heteroatoms. The Kier molecular flexibility index (Phi) is 4.81. The molecular formula is C14H19F3N2O2S. The molecule has 1 aromatic heterocycles. The van der Waals surface area contributed by atoms with Crippen LogP contribution in [0, 0.1) is 5.92 Å². The van der Waals surface area contributed by atoms with E-state index in [1.165, 1.54) is 11.3 Å². The Morgan fingerprint density at radius 2 is 2.23 bits per heavy atom. The van der Waals surface area contributed by atoms with Crippen molar-refractivity contribution in [2.24, 2.45) is 5.92 Å². The van der Waals surface area contributed by atoms with Crippen molar-refractivity contribution in [2.45, 2.75) is 44.9 Å². The molecule has 0 radical (unpaired) electrons. The van der Waals surface area contributed by atoms with Crippen molar-refractivity contribution < 1.29 is 23.1 Å². The maximum atomic E-state index is 12.9. The molecule has 124 valence electrons. The lowest BCUT2D eigenvalue weighted by atomic mass is 9.92. The summed E-state index contributed by atoms with van der Waals surface area (Å²) in [5, 5.41) is 12.1. The summed E-state index contributed by atoms with van der Waals surface area (Å²) in [5.41, 5.74) is -2.66. The molecular weight excluding hydrogens is 317 g/mol. The minimum absolute atomic E-state index is 0.116. The first kappa shape index (κ1) is 17.2. The first-order valence-corrected chi connectivity index (χ1v) is 8.03. The highest BCUT2D eigenvalue weighted by Gasteiger charge is 2.56. The van der Waals surface area contributed by atoms with E-state index in [0.717, 1.165) is 16.3 Å². The zero-order valence-electron chi connectivity index (χ0n) is 12.5. The number of rotatable bonds is 3. The number of nitrogens with zero attached hydrogens (tertiary/aromatic N) is 2. The van der Waals surface area contributed by atoms with Crippen molar-refractivity contribution in [1.29, 1.82) is 0 Å². The number of β-amino-alcohol motifs (C(OH)–C–C–N with tert-alkyl or cyclic N) is 1. The molecule has 1 aliphatic rings. The number of amides is 1. The predicted molar refractivity (Wildman–Crippen MR) is 76.8 cm³/mol.